The number of aromatic amines is 1. The average Bonchev–Trinajstić information content (AvgIpc) is 3.80. The van der Waals surface area contributed by atoms with Crippen LogP contribution in [0.25, 0.3) is 23.0 Å². The number of anilines is 1. The topological polar surface area (TPSA) is 179 Å². The van der Waals surface area contributed by atoms with E-state index in [1.54, 1.807) is 12.3 Å². The number of tetrazole rings is 1. The number of H-pyrrole nitrogens is 1. The molecular weight excluding hydrogens is 637 g/mol. The summed E-state index contributed by atoms with van der Waals surface area (Å²) in [5.41, 5.74) is 2.92. The molecule has 0 radical (unpaired) electrons. The van der Waals surface area contributed by atoms with Crippen LogP contribution in [0.2, 0.25) is 5.02 Å². The largest absolute Gasteiger partial charge is 0.373 e. The summed E-state index contributed by atoms with van der Waals surface area (Å²) < 4.78 is 16.3. The van der Waals surface area contributed by atoms with Crippen LogP contribution in [0, 0.1) is 17.1 Å². The van der Waals surface area contributed by atoms with Crippen molar-refractivity contribution in [2.24, 2.45) is 0 Å². The second-order valence-electron chi connectivity index (χ2n) is 11.0. The van der Waals surface area contributed by atoms with Gasteiger partial charge in [0.1, 0.15) is 24.3 Å². The zero-order valence-corrected chi connectivity index (χ0v) is 26.2. The van der Waals surface area contributed by atoms with Gasteiger partial charge in [0.05, 0.1) is 34.7 Å². The van der Waals surface area contributed by atoms with Crippen molar-refractivity contribution in [2.45, 2.75) is 44.3 Å². The van der Waals surface area contributed by atoms with E-state index in [1.807, 2.05) is 42.5 Å². The number of nitrogens with one attached hydrogen (secondary N) is 4. The molecule has 4 N–H and O–H groups in total. The monoisotopic (exact) mass is 665 g/mol. The van der Waals surface area contributed by atoms with Crippen LogP contribution in [0.5, 0.6) is 0 Å². The molecule has 0 saturated carbocycles. The summed E-state index contributed by atoms with van der Waals surface area (Å²) in [6.07, 6.45) is 7.67. The highest BCUT2D eigenvalue weighted by molar-refractivity contribution is 6.31. The van der Waals surface area contributed by atoms with Gasteiger partial charge in [-0.2, -0.15) is 9.94 Å². The summed E-state index contributed by atoms with van der Waals surface area (Å²) in [7, 11) is 0. The van der Waals surface area contributed by atoms with E-state index in [0.29, 0.717) is 48.5 Å². The Morgan fingerprint density at radius 2 is 1.96 bits per heavy atom. The number of nitrogens with zero attached hydrogens (tertiary/aromatic N) is 7. The molecule has 0 aliphatic carbocycles. The maximum atomic E-state index is 15.1. The zero-order chi connectivity index (χ0) is 33.5. The first-order chi connectivity index (χ1) is 23.4. The number of benzene rings is 2. The Kier molecular flexibility index (Phi) is 9.77. The number of para-hydroxylation sites is 1. The Hall–Kier alpha value is -5.94. The molecule has 242 valence electrons. The quantitative estimate of drug-likeness (QED) is 0.180. The van der Waals surface area contributed by atoms with E-state index in [2.05, 4.69) is 52.5 Å². The normalized spacial score (nSPS) is 16.1. The molecular formula is C33H29ClFN11O2. The van der Waals surface area contributed by atoms with Crippen LogP contribution in [0.3, 0.4) is 0 Å². The lowest BCUT2D eigenvalue weighted by atomic mass is 10.0. The number of rotatable bonds is 7. The van der Waals surface area contributed by atoms with Crippen molar-refractivity contribution in [3.63, 3.8) is 0 Å². The summed E-state index contributed by atoms with van der Waals surface area (Å²) in [6.45, 7) is 0.278. The summed E-state index contributed by atoms with van der Waals surface area (Å²) in [4.78, 5) is 38.8. The van der Waals surface area contributed by atoms with Crippen LogP contribution in [-0.4, -0.2) is 53.0 Å². The van der Waals surface area contributed by atoms with E-state index in [1.165, 1.54) is 29.2 Å². The van der Waals surface area contributed by atoms with Gasteiger partial charge in [0, 0.05) is 29.1 Å². The van der Waals surface area contributed by atoms with Gasteiger partial charge in [-0.1, -0.05) is 48.7 Å². The lowest BCUT2D eigenvalue weighted by Crippen LogP contribution is -2.39. The molecule has 2 bridgehead atoms. The van der Waals surface area contributed by atoms with Crippen molar-refractivity contribution in [3.8, 4) is 23.0 Å². The van der Waals surface area contributed by atoms with Gasteiger partial charge in [-0.15, -0.1) is 5.10 Å². The molecule has 13 nitrogen and oxygen atoms in total. The van der Waals surface area contributed by atoms with Crippen LogP contribution in [0.1, 0.15) is 54.5 Å². The molecule has 0 fully saturated rings. The van der Waals surface area contributed by atoms with Gasteiger partial charge in [-0.25, -0.2) is 9.37 Å². The van der Waals surface area contributed by atoms with Gasteiger partial charge in [0.15, 0.2) is 11.5 Å². The number of halogens is 2. The van der Waals surface area contributed by atoms with Gasteiger partial charge in [-0.05, 0) is 59.7 Å². The minimum absolute atomic E-state index is 0.0205. The lowest BCUT2D eigenvalue weighted by Gasteiger charge is -2.22. The zero-order valence-electron chi connectivity index (χ0n) is 25.4. The van der Waals surface area contributed by atoms with E-state index in [-0.39, 0.29) is 34.4 Å². The SMILES string of the molecule is N#Cc1nc2[nH]c1-c1ccccc1N[C@@H](C(=O)NCc1ccccn1)CCCC[C@@H]2NC(=O)C=Cc1c(-n2cnnn2)ccc(Cl)c1F. The first kappa shape index (κ1) is 32.0. The molecule has 15 heteroatoms. The molecule has 2 amide bonds. The third-order valence-corrected chi connectivity index (χ3v) is 8.12. The average molecular weight is 666 g/mol. The second-order valence-corrected chi connectivity index (χ2v) is 11.4. The number of fused-ring (bicyclic) bond motifs is 4. The molecule has 2 aromatic carbocycles. The van der Waals surface area contributed by atoms with Gasteiger partial charge in [0.2, 0.25) is 11.8 Å². The first-order valence-electron chi connectivity index (χ1n) is 15.1. The predicted octanol–water partition coefficient (Wildman–Crippen LogP) is 4.65. The Labute approximate surface area is 279 Å². The van der Waals surface area contributed by atoms with Crippen molar-refractivity contribution in [1.82, 2.24) is 45.8 Å². The Morgan fingerprint density at radius 3 is 2.75 bits per heavy atom. The molecule has 3 aromatic heterocycles. The van der Waals surface area contributed by atoms with E-state index in [0.717, 1.165) is 5.69 Å². The van der Waals surface area contributed by atoms with E-state index in [4.69, 9.17) is 11.6 Å². The number of aromatic nitrogens is 7. The second kappa shape index (κ2) is 14.7. The fourth-order valence-electron chi connectivity index (χ4n) is 5.46. The van der Waals surface area contributed by atoms with Crippen molar-refractivity contribution in [1.29, 1.82) is 5.26 Å². The minimum Gasteiger partial charge on any atom is -0.373 e. The highest BCUT2D eigenvalue weighted by Crippen LogP contribution is 2.33. The van der Waals surface area contributed by atoms with Crippen LogP contribution in [-0.2, 0) is 16.1 Å². The molecule has 1 aliphatic rings. The number of amides is 2. The fourth-order valence-corrected chi connectivity index (χ4v) is 5.62. The maximum Gasteiger partial charge on any atom is 0.244 e. The third kappa shape index (κ3) is 7.21. The number of pyridine rings is 1. The molecule has 0 unspecified atom stereocenters. The highest BCUT2D eigenvalue weighted by atomic mass is 35.5. The Bertz CT molecular complexity index is 1990. The minimum atomic E-state index is -0.736. The van der Waals surface area contributed by atoms with E-state index in [9.17, 15) is 14.9 Å². The number of imidazole rings is 1. The van der Waals surface area contributed by atoms with Crippen molar-refractivity contribution >= 4 is 35.2 Å². The summed E-state index contributed by atoms with van der Waals surface area (Å²) >= 11 is 6.03. The highest BCUT2D eigenvalue weighted by Gasteiger charge is 2.26. The molecule has 4 heterocycles. The van der Waals surface area contributed by atoms with Crippen LogP contribution < -0.4 is 16.0 Å². The molecule has 0 spiro atoms. The molecule has 2 atom stereocenters. The summed E-state index contributed by atoms with van der Waals surface area (Å²) in [6, 6.07) is 16.7. The Morgan fingerprint density at radius 1 is 1.12 bits per heavy atom. The van der Waals surface area contributed by atoms with Crippen LogP contribution in [0.15, 0.2) is 73.2 Å². The van der Waals surface area contributed by atoms with Crippen molar-refractivity contribution in [3.05, 3.63) is 107 Å². The number of carbonyl (C=O) groups excluding carboxylic acids is 2. The van der Waals surface area contributed by atoms with E-state index >= 15 is 4.39 Å². The Balaban J connectivity index is 1.26. The molecule has 0 saturated heterocycles. The standard InChI is InChI=1S/C33H29ClFN11O2/c34-23-13-14-28(46-19-39-44-45-46)22(30(23)35)12-15-29(47)41-25-10-3-4-11-26(33(48)38-18-20-7-5-6-16-37-20)40-24-9-2-1-8-21(24)31-27(17-36)42-32(25)43-31/h1-2,5-9,12-16,19,25-26,40H,3-4,10-11,18H2,(H,38,48)(H,41,47)(H,42,43)/t25-,26+/m0/s1. The summed E-state index contributed by atoms with van der Waals surface area (Å²) in [5, 5.41) is 30.2. The predicted molar refractivity (Wildman–Crippen MR) is 175 cm³/mol. The van der Waals surface area contributed by atoms with Crippen LogP contribution in [0.4, 0.5) is 10.1 Å². The number of hydrogen-bond acceptors (Lipinski definition) is 9. The number of nitriles is 1. The van der Waals surface area contributed by atoms with Crippen LogP contribution >= 0.6 is 11.6 Å². The van der Waals surface area contributed by atoms with Crippen molar-refractivity contribution < 1.29 is 14.0 Å². The van der Waals surface area contributed by atoms with Gasteiger partial charge >= 0.3 is 0 Å². The first-order valence-corrected chi connectivity index (χ1v) is 15.5. The smallest absolute Gasteiger partial charge is 0.244 e. The maximum absolute atomic E-state index is 15.1. The van der Waals surface area contributed by atoms with Gasteiger partial charge < -0.3 is 20.9 Å². The molecule has 6 rings (SSSR count). The van der Waals surface area contributed by atoms with E-state index < -0.39 is 23.8 Å². The van der Waals surface area contributed by atoms with Gasteiger partial charge in [-0.3, -0.25) is 14.6 Å². The molecule has 48 heavy (non-hydrogen) atoms. The molecule has 1 aliphatic heterocycles. The summed E-state index contributed by atoms with van der Waals surface area (Å²) in [5.74, 6) is -1.06. The number of carbonyl (C=O) groups is 2. The number of hydrogen-bond donors (Lipinski definition) is 4. The third-order valence-electron chi connectivity index (χ3n) is 7.83. The lowest BCUT2D eigenvalue weighted by molar-refractivity contribution is -0.122. The molecule has 5 aromatic rings. The fraction of sp³-hybridized carbons (Fsp3) is 0.212. The van der Waals surface area contributed by atoms with Gasteiger partial charge in [0.25, 0.3) is 0 Å². The van der Waals surface area contributed by atoms with Crippen molar-refractivity contribution in [2.75, 3.05) is 5.32 Å².